The maximum atomic E-state index is 5.92. The van der Waals surface area contributed by atoms with Crippen LogP contribution in [0.2, 0.25) is 0 Å². The highest BCUT2D eigenvalue weighted by molar-refractivity contribution is 7.11. The standard InChI is InChI=1S/C13H21N3OS/c1-2-17-11-12(14)15-18-13(11)16-8-4-6-9-5-3-7-10(9)16/h9-10H,2-8H2,1H3,(H2,14,15). The molecule has 0 spiro atoms. The van der Waals surface area contributed by atoms with Gasteiger partial charge in [0.2, 0.25) is 0 Å². The number of hydrogen-bond acceptors (Lipinski definition) is 5. The van der Waals surface area contributed by atoms with Crippen LogP contribution < -0.4 is 15.4 Å². The lowest BCUT2D eigenvalue weighted by Gasteiger charge is -2.38. The predicted octanol–water partition coefficient (Wildman–Crippen LogP) is 2.89. The molecule has 0 bridgehead atoms. The van der Waals surface area contributed by atoms with Gasteiger partial charge in [0.05, 0.1) is 6.61 Å². The van der Waals surface area contributed by atoms with Crippen LogP contribution in [0, 0.1) is 5.92 Å². The lowest BCUT2D eigenvalue weighted by Crippen LogP contribution is -2.42. The van der Waals surface area contributed by atoms with E-state index in [1.54, 1.807) is 0 Å². The van der Waals surface area contributed by atoms with E-state index in [4.69, 9.17) is 10.5 Å². The van der Waals surface area contributed by atoms with Gasteiger partial charge in [0.25, 0.3) is 0 Å². The van der Waals surface area contributed by atoms with Crippen molar-refractivity contribution in [3.05, 3.63) is 0 Å². The van der Waals surface area contributed by atoms with Crippen LogP contribution in [0.25, 0.3) is 0 Å². The van der Waals surface area contributed by atoms with Gasteiger partial charge in [-0.2, -0.15) is 4.37 Å². The number of hydrogen-bond donors (Lipinski definition) is 1. The molecule has 2 N–H and O–H groups in total. The molecule has 1 aliphatic carbocycles. The Labute approximate surface area is 112 Å². The SMILES string of the molecule is CCOc1c(N)nsc1N1CCCC2CCCC21. The van der Waals surface area contributed by atoms with E-state index >= 15 is 0 Å². The third-order valence-corrected chi connectivity index (χ3v) is 5.08. The molecule has 1 aromatic heterocycles. The number of ether oxygens (including phenoxy) is 1. The highest BCUT2D eigenvalue weighted by atomic mass is 32.1. The Hall–Kier alpha value is -0.970. The summed E-state index contributed by atoms with van der Waals surface area (Å²) in [5, 5.41) is 1.16. The molecule has 0 radical (unpaired) electrons. The van der Waals surface area contributed by atoms with Gasteiger partial charge in [-0.25, -0.2) is 0 Å². The molecular weight excluding hydrogens is 246 g/mol. The summed E-state index contributed by atoms with van der Waals surface area (Å²) in [6, 6.07) is 0.692. The fourth-order valence-electron chi connectivity index (χ4n) is 3.45. The number of nitrogens with zero attached hydrogens (tertiary/aromatic N) is 2. The Bertz CT molecular complexity index is 420. The average molecular weight is 267 g/mol. The van der Waals surface area contributed by atoms with Gasteiger partial charge in [0.1, 0.15) is 0 Å². The molecule has 5 heteroatoms. The van der Waals surface area contributed by atoms with Gasteiger partial charge >= 0.3 is 0 Å². The number of anilines is 2. The van der Waals surface area contributed by atoms with Crippen molar-refractivity contribution >= 4 is 22.4 Å². The number of nitrogen functional groups attached to an aromatic ring is 1. The largest absolute Gasteiger partial charge is 0.487 e. The molecule has 18 heavy (non-hydrogen) atoms. The molecule has 1 saturated carbocycles. The number of fused-ring (bicyclic) bond motifs is 1. The summed E-state index contributed by atoms with van der Waals surface area (Å²) in [6.45, 7) is 3.77. The van der Waals surface area contributed by atoms with Crippen molar-refractivity contribution < 1.29 is 4.74 Å². The van der Waals surface area contributed by atoms with Crippen molar-refractivity contribution in [3.8, 4) is 5.75 Å². The average Bonchev–Trinajstić information content (AvgIpc) is 2.97. The second-order valence-corrected chi connectivity index (χ2v) is 5.98. The van der Waals surface area contributed by atoms with Crippen LogP contribution in [0.15, 0.2) is 0 Å². The van der Waals surface area contributed by atoms with Crippen LogP contribution in [0.4, 0.5) is 10.8 Å². The summed E-state index contributed by atoms with van der Waals surface area (Å²) in [4.78, 5) is 2.51. The maximum Gasteiger partial charge on any atom is 0.197 e. The van der Waals surface area contributed by atoms with Crippen LogP contribution in [0.1, 0.15) is 39.0 Å². The van der Waals surface area contributed by atoms with Crippen molar-refractivity contribution in [2.45, 2.75) is 45.1 Å². The summed E-state index contributed by atoms with van der Waals surface area (Å²) >= 11 is 1.50. The summed E-state index contributed by atoms with van der Waals surface area (Å²) < 4.78 is 9.97. The molecular formula is C13H21N3OS. The predicted molar refractivity (Wildman–Crippen MR) is 75.4 cm³/mol. The molecule has 0 amide bonds. The first-order chi connectivity index (χ1) is 8.81. The Kier molecular flexibility index (Phi) is 3.33. The van der Waals surface area contributed by atoms with E-state index in [0.717, 1.165) is 23.2 Å². The fourth-order valence-corrected chi connectivity index (χ4v) is 4.30. The van der Waals surface area contributed by atoms with Crippen LogP contribution in [0.5, 0.6) is 5.75 Å². The Morgan fingerprint density at radius 1 is 1.39 bits per heavy atom. The highest BCUT2D eigenvalue weighted by Crippen LogP contribution is 2.45. The first-order valence-electron chi connectivity index (χ1n) is 6.95. The van der Waals surface area contributed by atoms with Gasteiger partial charge in [-0.15, -0.1) is 0 Å². The van der Waals surface area contributed by atoms with E-state index in [-0.39, 0.29) is 0 Å². The van der Waals surface area contributed by atoms with E-state index in [1.807, 2.05) is 6.92 Å². The molecule has 1 aromatic rings. The molecule has 0 aromatic carbocycles. The zero-order chi connectivity index (χ0) is 12.5. The Balaban J connectivity index is 1.89. The lowest BCUT2D eigenvalue weighted by molar-refractivity contribution is 0.332. The molecule has 3 rings (SSSR count). The molecule has 1 saturated heterocycles. The lowest BCUT2D eigenvalue weighted by atomic mass is 9.92. The van der Waals surface area contributed by atoms with Crippen molar-refractivity contribution in [1.82, 2.24) is 4.37 Å². The quantitative estimate of drug-likeness (QED) is 0.915. The van der Waals surface area contributed by atoms with E-state index in [2.05, 4.69) is 9.27 Å². The van der Waals surface area contributed by atoms with E-state index in [9.17, 15) is 0 Å². The summed E-state index contributed by atoms with van der Waals surface area (Å²) in [7, 11) is 0. The van der Waals surface area contributed by atoms with Crippen LogP contribution in [0.3, 0.4) is 0 Å². The van der Waals surface area contributed by atoms with Gasteiger partial charge in [-0.1, -0.05) is 6.42 Å². The molecule has 2 atom stereocenters. The minimum atomic E-state index is 0.553. The van der Waals surface area contributed by atoms with Crippen molar-refractivity contribution in [3.63, 3.8) is 0 Å². The number of aromatic nitrogens is 1. The molecule has 2 heterocycles. The summed E-state index contributed by atoms with van der Waals surface area (Å²) in [6.07, 6.45) is 6.74. The van der Waals surface area contributed by atoms with E-state index in [0.29, 0.717) is 18.5 Å². The second kappa shape index (κ2) is 4.96. The normalized spacial score (nSPS) is 27.3. The summed E-state index contributed by atoms with van der Waals surface area (Å²) in [5.41, 5.74) is 5.92. The third kappa shape index (κ3) is 1.94. The van der Waals surface area contributed by atoms with Gasteiger partial charge in [0.15, 0.2) is 16.6 Å². The fraction of sp³-hybridized carbons (Fsp3) is 0.769. The molecule has 100 valence electrons. The molecule has 2 aliphatic rings. The highest BCUT2D eigenvalue weighted by Gasteiger charge is 2.37. The van der Waals surface area contributed by atoms with E-state index < -0.39 is 0 Å². The molecule has 4 nitrogen and oxygen atoms in total. The molecule has 2 unspecified atom stereocenters. The van der Waals surface area contributed by atoms with Crippen LogP contribution >= 0.6 is 11.5 Å². The first kappa shape index (κ1) is 12.1. The van der Waals surface area contributed by atoms with Crippen molar-refractivity contribution in [1.29, 1.82) is 0 Å². The zero-order valence-electron chi connectivity index (χ0n) is 10.9. The number of nitrogens with two attached hydrogens (primary N) is 1. The van der Waals surface area contributed by atoms with Crippen LogP contribution in [-0.4, -0.2) is 23.6 Å². The molecule has 1 aliphatic heterocycles. The topological polar surface area (TPSA) is 51.4 Å². The second-order valence-electron chi connectivity index (χ2n) is 5.23. The van der Waals surface area contributed by atoms with Gasteiger partial charge in [-0.3, -0.25) is 0 Å². The van der Waals surface area contributed by atoms with E-state index in [1.165, 1.54) is 43.6 Å². The monoisotopic (exact) mass is 267 g/mol. The number of rotatable bonds is 3. The first-order valence-corrected chi connectivity index (χ1v) is 7.73. The van der Waals surface area contributed by atoms with Crippen molar-refractivity contribution in [2.24, 2.45) is 5.92 Å². The van der Waals surface area contributed by atoms with Gasteiger partial charge < -0.3 is 15.4 Å². The Morgan fingerprint density at radius 3 is 3.06 bits per heavy atom. The number of piperidine rings is 1. The minimum absolute atomic E-state index is 0.553. The van der Waals surface area contributed by atoms with Crippen LogP contribution in [-0.2, 0) is 0 Å². The minimum Gasteiger partial charge on any atom is -0.487 e. The molecule has 2 fully saturated rings. The summed E-state index contributed by atoms with van der Waals surface area (Å²) in [5.74, 6) is 2.24. The maximum absolute atomic E-state index is 5.92. The zero-order valence-corrected chi connectivity index (χ0v) is 11.7. The third-order valence-electron chi connectivity index (χ3n) is 4.20. The Morgan fingerprint density at radius 2 is 2.22 bits per heavy atom. The smallest absolute Gasteiger partial charge is 0.197 e. The van der Waals surface area contributed by atoms with Crippen molar-refractivity contribution in [2.75, 3.05) is 23.8 Å². The van der Waals surface area contributed by atoms with Gasteiger partial charge in [0, 0.05) is 12.6 Å². The van der Waals surface area contributed by atoms with Gasteiger partial charge in [-0.05, 0) is 50.1 Å².